The van der Waals surface area contributed by atoms with Crippen molar-refractivity contribution < 1.29 is 4.74 Å². The summed E-state index contributed by atoms with van der Waals surface area (Å²) in [5.74, 6) is 0. The third kappa shape index (κ3) is 6.13. The van der Waals surface area contributed by atoms with E-state index in [4.69, 9.17) is 4.74 Å². The fourth-order valence-electron chi connectivity index (χ4n) is 1.60. The third-order valence-electron chi connectivity index (χ3n) is 3.02. The zero-order chi connectivity index (χ0) is 11.8. The van der Waals surface area contributed by atoms with Gasteiger partial charge in [0.25, 0.3) is 0 Å². The Morgan fingerprint density at radius 1 is 0.800 bits per heavy atom. The summed E-state index contributed by atoms with van der Waals surface area (Å²) in [4.78, 5) is 4.47. The number of likely N-dealkylation sites (N-methyl/N-ethyl adjacent to an activating group) is 2. The fourth-order valence-corrected chi connectivity index (χ4v) is 1.60. The molecular weight excluding hydrogens is 188 g/mol. The van der Waals surface area contributed by atoms with Crippen molar-refractivity contribution in [2.24, 2.45) is 0 Å². The van der Waals surface area contributed by atoms with Crippen LogP contribution in [0.1, 0.15) is 26.7 Å². The zero-order valence-electron chi connectivity index (χ0n) is 11.3. The first-order chi connectivity index (χ1) is 7.02. The smallest absolute Gasteiger partial charge is 0.0622 e. The van der Waals surface area contributed by atoms with Crippen LogP contribution in [0.3, 0.4) is 0 Å². The third-order valence-corrected chi connectivity index (χ3v) is 3.02. The van der Waals surface area contributed by atoms with Gasteiger partial charge in [-0.25, -0.2) is 0 Å². The van der Waals surface area contributed by atoms with Gasteiger partial charge < -0.3 is 14.5 Å². The van der Waals surface area contributed by atoms with Gasteiger partial charge in [0.2, 0.25) is 0 Å². The second-order valence-corrected chi connectivity index (χ2v) is 4.59. The molecule has 0 spiro atoms. The van der Waals surface area contributed by atoms with E-state index in [1.54, 1.807) is 0 Å². The molecule has 0 saturated carbocycles. The minimum atomic E-state index is 0.546. The second-order valence-electron chi connectivity index (χ2n) is 4.59. The van der Waals surface area contributed by atoms with E-state index in [9.17, 15) is 0 Å². The molecule has 0 bridgehead atoms. The molecule has 0 amide bonds. The van der Waals surface area contributed by atoms with Crippen molar-refractivity contribution in [1.82, 2.24) is 9.80 Å². The van der Waals surface area contributed by atoms with Crippen molar-refractivity contribution in [3.63, 3.8) is 0 Å². The lowest BCUT2D eigenvalue weighted by Crippen LogP contribution is -2.36. The Hall–Kier alpha value is -0.120. The van der Waals surface area contributed by atoms with Crippen LogP contribution in [-0.2, 0) is 4.74 Å². The lowest BCUT2D eigenvalue weighted by atomic mass is 10.2. The van der Waals surface area contributed by atoms with Gasteiger partial charge in [0.05, 0.1) is 13.2 Å². The highest BCUT2D eigenvalue weighted by atomic mass is 16.5. The highest BCUT2D eigenvalue weighted by Gasteiger charge is 2.12. The molecule has 0 rings (SSSR count). The predicted molar refractivity (Wildman–Crippen MR) is 66.4 cm³/mol. The van der Waals surface area contributed by atoms with Gasteiger partial charge in [-0.05, 0) is 41.0 Å². The number of nitrogens with zero attached hydrogens (tertiary/aromatic N) is 2. The molecule has 2 unspecified atom stereocenters. The lowest BCUT2D eigenvalue weighted by molar-refractivity contribution is 0.0426. The lowest BCUT2D eigenvalue weighted by Gasteiger charge is -2.26. The van der Waals surface area contributed by atoms with E-state index in [1.165, 1.54) is 0 Å². The highest BCUT2D eigenvalue weighted by Crippen LogP contribution is 2.03. The van der Waals surface area contributed by atoms with E-state index in [2.05, 4.69) is 51.8 Å². The molecule has 0 saturated heterocycles. The van der Waals surface area contributed by atoms with Crippen LogP contribution in [0.25, 0.3) is 0 Å². The van der Waals surface area contributed by atoms with Crippen LogP contribution in [-0.4, -0.2) is 63.3 Å². The molecular formula is C12H28N2O. The summed E-state index contributed by atoms with van der Waals surface area (Å²) in [5, 5.41) is 0. The van der Waals surface area contributed by atoms with Crippen molar-refractivity contribution in [3.05, 3.63) is 0 Å². The Labute approximate surface area is 95.4 Å². The minimum Gasteiger partial charge on any atom is -0.378 e. The summed E-state index contributed by atoms with van der Waals surface area (Å²) in [5.41, 5.74) is 0. The van der Waals surface area contributed by atoms with E-state index < -0.39 is 0 Å². The molecule has 0 aromatic heterocycles. The maximum atomic E-state index is 5.78. The molecule has 0 aromatic rings. The first kappa shape index (κ1) is 14.9. The average molecular weight is 216 g/mol. The highest BCUT2D eigenvalue weighted by molar-refractivity contribution is 4.66. The summed E-state index contributed by atoms with van der Waals surface area (Å²) in [6.07, 6.45) is 2.29. The summed E-state index contributed by atoms with van der Waals surface area (Å²) < 4.78 is 5.78. The Kier molecular flexibility index (Phi) is 8.02. The van der Waals surface area contributed by atoms with Gasteiger partial charge in [0.1, 0.15) is 0 Å². The van der Waals surface area contributed by atoms with Gasteiger partial charge in [-0.1, -0.05) is 13.8 Å². The Bertz CT molecular complexity index is 133. The molecule has 92 valence electrons. The zero-order valence-corrected chi connectivity index (χ0v) is 11.3. The monoisotopic (exact) mass is 216 g/mol. The van der Waals surface area contributed by atoms with Gasteiger partial charge in [0, 0.05) is 12.1 Å². The van der Waals surface area contributed by atoms with Crippen LogP contribution in [0.2, 0.25) is 0 Å². The normalized spacial score (nSPS) is 16.0. The molecule has 3 heteroatoms. The quantitative estimate of drug-likeness (QED) is 0.614. The van der Waals surface area contributed by atoms with Crippen molar-refractivity contribution in [3.8, 4) is 0 Å². The van der Waals surface area contributed by atoms with Crippen molar-refractivity contribution in [1.29, 1.82) is 0 Å². The molecule has 3 nitrogen and oxygen atoms in total. The molecule has 2 atom stereocenters. The fraction of sp³-hybridized carbons (Fsp3) is 1.00. The van der Waals surface area contributed by atoms with Crippen LogP contribution in [0, 0.1) is 0 Å². The standard InChI is InChI=1S/C12H28N2O/c1-7-11(13(3)4)9-15-10-12(8-2)14(5)6/h11-12H,7-10H2,1-6H3. The summed E-state index contributed by atoms with van der Waals surface area (Å²) in [6.45, 7) is 6.09. The summed E-state index contributed by atoms with van der Waals surface area (Å²) >= 11 is 0. The Morgan fingerprint density at radius 3 is 1.33 bits per heavy atom. The van der Waals surface area contributed by atoms with Gasteiger partial charge in [0.15, 0.2) is 0 Å². The topological polar surface area (TPSA) is 15.7 Å². The minimum absolute atomic E-state index is 0.546. The molecule has 0 fully saturated rings. The molecule has 0 aliphatic carbocycles. The summed E-state index contributed by atoms with van der Waals surface area (Å²) in [6, 6.07) is 1.09. The van der Waals surface area contributed by atoms with E-state index in [-0.39, 0.29) is 0 Å². The predicted octanol–water partition coefficient (Wildman–Crippen LogP) is 1.68. The first-order valence-corrected chi connectivity index (χ1v) is 5.93. The largest absolute Gasteiger partial charge is 0.378 e. The van der Waals surface area contributed by atoms with E-state index in [1.807, 2.05) is 0 Å². The van der Waals surface area contributed by atoms with Crippen molar-refractivity contribution in [2.45, 2.75) is 38.8 Å². The van der Waals surface area contributed by atoms with E-state index in [0.717, 1.165) is 26.1 Å². The van der Waals surface area contributed by atoms with E-state index >= 15 is 0 Å². The SMILES string of the molecule is CCC(COCC(CC)N(C)C)N(C)C. The molecule has 0 aliphatic heterocycles. The molecule has 0 aromatic carbocycles. The molecule has 0 N–H and O–H groups in total. The van der Waals surface area contributed by atoms with Gasteiger partial charge in [-0.3, -0.25) is 0 Å². The van der Waals surface area contributed by atoms with Crippen LogP contribution in [0.15, 0.2) is 0 Å². The molecule has 0 heterocycles. The van der Waals surface area contributed by atoms with Crippen molar-refractivity contribution in [2.75, 3.05) is 41.4 Å². The Balaban J connectivity index is 3.75. The van der Waals surface area contributed by atoms with Gasteiger partial charge in [-0.15, -0.1) is 0 Å². The summed E-state index contributed by atoms with van der Waals surface area (Å²) in [7, 11) is 8.45. The van der Waals surface area contributed by atoms with Gasteiger partial charge >= 0.3 is 0 Å². The average Bonchev–Trinajstić information content (AvgIpc) is 2.17. The van der Waals surface area contributed by atoms with Gasteiger partial charge in [-0.2, -0.15) is 0 Å². The second kappa shape index (κ2) is 8.08. The van der Waals surface area contributed by atoms with Crippen LogP contribution < -0.4 is 0 Å². The van der Waals surface area contributed by atoms with E-state index in [0.29, 0.717) is 12.1 Å². The van der Waals surface area contributed by atoms with Crippen LogP contribution in [0.5, 0.6) is 0 Å². The van der Waals surface area contributed by atoms with Crippen molar-refractivity contribution >= 4 is 0 Å². The molecule has 15 heavy (non-hydrogen) atoms. The first-order valence-electron chi connectivity index (χ1n) is 5.93. The maximum absolute atomic E-state index is 5.78. The number of hydrogen-bond acceptors (Lipinski definition) is 3. The number of ether oxygens (including phenoxy) is 1. The molecule has 0 aliphatic rings. The van der Waals surface area contributed by atoms with Crippen LogP contribution in [0.4, 0.5) is 0 Å². The molecule has 0 radical (unpaired) electrons. The number of hydrogen-bond donors (Lipinski definition) is 0. The number of rotatable bonds is 8. The van der Waals surface area contributed by atoms with Crippen LogP contribution >= 0.6 is 0 Å². The maximum Gasteiger partial charge on any atom is 0.0622 e. The Morgan fingerprint density at radius 2 is 1.13 bits per heavy atom.